The Morgan fingerprint density at radius 1 is 1.60 bits per heavy atom. The van der Waals surface area contributed by atoms with Crippen LogP contribution in [0.15, 0.2) is 0 Å². The fourth-order valence-corrected chi connectivity index (χ4v) is 1.13. The van der Waals surface area contributed by atoms with E-state index < -0.39 is 17.1 Å². The molecule has 10 heavy (non-hydrogen) atoms. The van der Waals surface area contributed by atoms with Crippen LogP contribution in [0.5, 0.6) is 0 Å². The lowest BCUT2D eigenvalue weighted by molar-refractivity contribution is -0.136. The predicted octanol–water partition coefficient (Wildman–Crippen LogP) is 0.829. The normalized spacial score (nSPS) is 48.2. The Labute approximate surface area is 59.0 Å². The maximum Gasteiger partial charge on any atom is 0.194 e. The molecule has 3 heteroatoms. The van der Waals surface area contributed by atoms with Crippen molar-refractivity contribution in [2.24, 2.45) is 0 Å². The van der Waals surface area contributed by atoms with Crippen molar-refractivity contribution in [2.75, 3.05) is 0 Å². The fraction of sp³-hybridized carbons (Fsp3) is 0.857. The first-order chi connectivity index (χ1) is 4.38. The molecule has 0 heterocycles. The van der Waals surface area contributed by atoms with E-state index in [9.17, 15) is 14.3 Å². The second kappa shape index (κ2) is 1.78. The molecule has 0 unspecified atom stereocenters. The van der Waals surface area contributed by atoms with Crippen molar-refractivity contribution in [2.45, 2.75) is 38.0 Å². The van der Waals surface area contributed by atoms with Crippen LogP contribution in [0.1, 0.15) is 26.7 Å². The van der Waals surface area contributed by atoms with Gasteiger partial charge in [-0.2, -0.15) is 0 Å². The number of ketones is 1. The van der Waals surface area contributed by atoms with E-state index in [1.807, 2.05) is 0 Å². The first-order valence-electron chi connectivity index (χ1n) is 3.32. The van der Waals surface area contributed by atoms with Crippen molar-refractivity contribution in [3.8, 4) is 0 Å². The lowest BCUT2D eigenvalue weighted by Gasteiger charge is -2.26. The van der Waals surface area contributed by atoms with Gasteiger partial charge in [-0.05, 0) is 20.3 Å². The number of Topliss-reactive ketones (excluding diaryl/α,β-unsaturated/α-hetero) is 1. The van der Waals surface area contributed by atoms with Crippen LogP contribution in [-0.2, 0) is 4.79 Å². The standard InChI is InChI=1S/C7H11FO2/c1-6(10)4-3-5(9)7(6,2)8/h10H,3-4H2,1-2H3/t6-,7+/m1/s1. The summed E-state index contributed by atoms with van der Waals surface area (Å²) in [5.74, 6) is -0.488. The Kier molecular flexibility index (Phi) is 1.37. The number of alkyl halides is 1. The predicted molar refractivity (Wildman–Crippen MR) is 34.4 cm³/mol. The van der Waals surface area contributed by atoms with Crippen LogP contribution in [0, 0.1) is 0 Å². The second-order valence-electron chi connectivity index (χ2n) is 3.20. The van der Waals surface area contributed by atoms with Crippen LogP contribution in [0.25, 0.3) is 0 Å². The molecule has 1 rings (SSSR count). The third-order valence-corrected chi connectivity index (χ3v) is 2.37. The molecule has 0 radical (unpaired) electrons. The summed E-state index contributed by atoms with van der Waals surface area (Å²) in [4.78, 5) is 10.8. The minimum absolute atomic E-state index is 0.153. The molecule has 1 saturated carbocycles. The molecule has 0 aliphatic heterocycles. The zero-order valence-corrected chi connectivity index (χ0v) is 6.15. The SMILES string of the molecule is C[C@]1(F)C(=O)CC[C@@]1(C)O. The number of carbonyl (C=O) groups excluding carboxylic acids is 1. The fourth-order valence-electron chi connectivity index (χ4n) is 1.13. The Bertz CT molecular complexity index is 172. The minimum atomic E-state index is -2.03. The molecule has 1 aliphatic carbocycles. The van der Waals surface area contributed by atoms with Gasteiger partial charge in [-0.25, -0.2) is 4.39 Å². The van der Waals surface area contributed by atoms with Crippen molar-refractivity contribution < 1.29 is 14.3 Å². The smallest absolute Gasteiger partial charge is 0.194 e. The van der Waals surface area contributed by atoms with Crippen molar-refractivity contribution in [1.82, 2.24) is 0 Å². The molecular weight excluding hydrogens is 135 g/mol. The van der Waals surface area contributed by atoms with E-state index in [-0.39, 0.29) is 12.8 Å². The summed E-state index contributed by atoms with van der Waals surface area (Å²) in [6.07, 6.45) is 0.388. The molecule has 0 aromatic rings. The van der Waals surface area contributed by atoms with Crippen LogP contribution in [0.4, 0.5) is 4.39 Å². The van der Waals surface area contributed by atoms with E-state index >= 15 is 0 Å². The molecule has 0 aromatic carbocycles. The highest BCUT2D eigenvalue weighted by atomic mass is 19.1. The molecule has 1 N–H and O–H groups in total. The molecule has 58 valence electrons. The lowest BCUT2D eigenvalue weighted by Crippen LogP contribution is -2.45. The van der Waals surface area contributed by atoms with Gasteiger partial charge in [-0.15, -0.1) is 0 Å². The van der Waals surface area contributed by atoms with Crippen LogP contribution in [-0.4, -0.2) is 22.2 Å². The average Bonchev–Trinajstić information content (AvgIpc) is 1.94. The number of carbonyl (C=O) groups is 1. The van der Waals surface area contributed by atoms with Gasteiger partial charge in [0.2, 0.25) is 0 Å². The molecule has 1 aliphatic rings. The van der Waals surface area contributed by atoms with Gasteiger partial charge in [0.15, 0.2) is 11.5 Å². The highest BCUT2D eigenvalue weighted by molar-refractivity contribution is 5.90. The van der Waals surface area contributed by atoms with E-state index in [1.165, 1.54) is 6.92 Å². The van der Waals surface area contributed by atoms with Gasteiger partial charge in [0, 0.05) is 6.42 Å². The average molecular weight is 146 g/mol. The van der Waals surface area contributed by atoms with Crippen molar-refractivity contribution in [1.29, 1.82) is 0 Å². The number of aliphatic hydroxyl groups is 1. The van der Waals surface area contributed by atoms with Gasteiger partial charge in [-0.3, -0.25) is 4.79 Å². The van der Waals surface area contributed by atoms with Gasteiger partial charge < -0.3 is 5.11 Å². The van der Waals surface area contributed by atoms with Crippen molar-refractivity contribution in [3.05, 3.63) is 0 Å². The number of rotatable bonds is 0. The highest BCUT2D eigenvalue weighted by Crippen LogP contribution is 2.38. The maximum atomic E-state index is 13.2. The quantitative estimate of drug-likeness (QED) is 0.549. The second-order valence-corrected chi connectivity index (χ2v) is 3.20. The largest absolute Gasteiger partial charge is 0.386 e. The number of halogens is 1. The molecule has 0 amide bonds. The number of hydrogen-bond acceptors (Lipinski definition) is 2. The third-order valence-electron chi connectivity index (χ3n) is 2.37. The summed E-state index contributed by atoms with van der Waals surface area (Å²) in [7, 11) is 0. The number of hydrogen-bond donors (Lipinski definition) is 1. The van der Waals surface area contributed by atoms with Crippen molar-refractivity contribution >= 4 is 5.78 Å². The van der Waals surface area contributed by atoms with E-state index in [4.69, 9.17) is 0 Å². The molecule has 0 aromatic heterocycles. The Morgan fingerprint density at radius 2 is 2.10 bits per heavy atom. The third kappa shape index (κ3) is 0.770. The minimum Gasteiger partial charge on any atom is -0.386 e. The first kappa shape index (κ1) is 7.66. The van der Waals surface area contributed by atoms with Crippen LogP contribution < -0.4 is 0 Å². The zero-order valence-electron chi connectivity index (χ0n) is 6.15. The molecule has 0 spiro atoms. The van der Waals surface area contributed by atoms with E-state index in [0.717, 1.165) is 6.92 Å². The Morgan fingerprint density at radius 3 is 2.20 bits per heavy atom. The molecule has 2 atom stereocenters. The van der Waals surface area contributed by atoms with Gasteiger partial charge in [0.25, 0.3) is 0 Å². The summed E-state index contributed by atoms with van der Waals surface area (Å²) in [5, 5.41) is 9.30. The molecular formula is C7H11FO2. The summed E-state index contributed by atoms with van der Waals surface area (Å²) >= 11 is 0. The van der Waals surface area contributed by atoms with Gasteiger partial charge in [0.1, 0.15) is 5.60 Å². The monoisotopic (exact) mass is 146 g/mol. The van der Waals surface area contributed by atoms with Gasteiger partial charge >= 0.3 is 0 Å². The lowest BCUT2D eigenvalue weighted by atomic mass is 9.91. The molecule has 2 nitrogen and oxygen atoms in total. The zero-order chi connectivity index (χ0) is 7.99. The maximum absolute atomic E-state index is 13.2. The summed E-state index contributed by atoms with van der Waals surface area (Å²) in [6, 6.07) is 0. The van der Waals surface area contributed by atoms with E-state index in [1.54, 1.807) is 0 Å². The Hall–Kier alpha value is -0.440. The topological polar surface area (TPSA) is 37.3 Å². The van der Waals surface area contributed by atoms with Gasteiger partial charge in [-0.1, -0.05) is 0 Å². The van der Waals surface area contributed by atoms with Crippen LogP contribution >= 0.6 is 0 Å². The highest BCUT2D eigenvalue weighted by Gasteiger charge is 2.54. The summed E-state index contributed by atoms with van der Waals surface area (Å²) < 4.78 is 13.2. The Balaban J connectivity index is 2.95. The van der Waals surface area contributed by atoms with E-state index in [0.29, 0.717) is 0 Å². The molecule has 0 bridgehead atoms. The molecule has 0 saturated heterocycles. The molecule has 1 fully saturated rings. The van der Waals surface area contributed by atoms with Crippen molar-refractivity contribution in [3.63, 3.8) is 0 Å². The van der Waals surface area contributed by atoms with Crippen LogP contribution in [0.2, 0.25) is 0 Å². The summed E-state index contributed by atoms with van der Waals surface area (Å²) in [5.41, 5.74) is -3.49. The van der Waals surface area contributed by atoms with Gasteiger partial charge in [0.05, 0.1) is 0 Å². The van der Waals surface area contributed by atoms with E-state index in [2.05, 4.69) is 0 Å². The first-order valence-corrected chi connectivity index (χ1v) is 3.32. The summed E-state index contributed by atoms with van der Waals surface area (Å²) in [6.45, 7) is 2.50. The van der Waals surface area contributed by atoms with Crippen LogP contribution in [0.3, 0.4) is 0 Å².